The van der Waals surface area contributed by atoms with Crippen LogP contribution in [0.25, 0.3) is 0 Å². The Bertz CT molecular complexity index is 1020. The van der Waals surface area contributed by atoms with Crippen molar-refractivity contribution in [2.24, 2.45) is 4.36 Å². The van der Waals surface area contributed by atoms with Gasteiger partial charge in [-0.2, -0.15) is 5.26 Å². The van der Waals surface area contributed by atoms with Crippen LogP contribution in [-0.2, 0) is 31.0 Å². The van der Waals surface area contributed by atoms with E-state index >= 15 is 0 Å². The van der Waals surface area contributed by atoms with Gasteiger partial charge >= 0.3 is 0 Å². The zero-order chi connectivity index (χ0) is 22.5. The van der Waals surface area contributed by atoms with Gasteiger partial charge in [-0.05, 0) is 23.3 Å². The molecule has 31 heavy (non-hydrogen) atoms. The molecule has 2 rings (SSSR count). The Labute approximate surface area is 207 Å². The molecule has 2 aromatic heterocycles. The van der Waals surface area contributed by atoms with Crippen molar-refractivity contribution in [1.29, 1.82) is 10.0 Å². The van der Waals surface area contributed by atoms with Crippen LogP contribution < -0.4 is 0 Å². The molecule has 0 aliphatic rings. The molecule has 13 heteroatoms. The van der Waals surface area contributed by atoms with Crippen molar-refractivity contribution < 1.29 is 9.84 Å². The van der Waals surface area contributed by atoms with Crippen molar-refractivity contribution in [3.63, 3.8) is 0 Å². The normalized spacial score (nSPS) is 12.9. The first-order chi connectivity index (χ1) is 13.4. The maximum atomic E-state index is 11.6. The van der Waals surface area contributed by atoms with Gasteiger partial charge in [0.1, 0.15) is 10.3 Å². The van der Waals surface area contributed by atoms with Crippen LogP contribution in [0.3, 0.4) is 0 Å². The number of rotatable bonds is 4. The molecular weight excluding hydrogens is 524 g/mol. The molecule has 2 atom stereocenters. The Hall–Kier alpha value is -1.15. The van der Waals surface area contributed by atoms with Gasteiger partial charge in [-0.15, -0.1) is 27.6 Å². The van der Waals surface area contributed by atoms with Gasteiger partial charge < -0.3 is 0 Å². The number of hydrogen-bond acceptors (Lipinski definition) is 7. The van der Waals surface area contributed by atoms with Gasteiger partial charge in [0.25, 0.3) is 0 Å². The van der Waals surface area contributed by atoms with Crippen LogP contribution >= 0.6 is 46.4 Å². The second-order valence-electron chi connectivity index (χ2n) is 5.52. The summed E-state index contributed by atoms with van der Waals surface area (Å²) < 4.78 is 33.2. The van der Waals surface area contributed by atoms with E-state index in [4.69, 9.17) is 56.4 Å². The lowest BCUT2D eigenvalue weighted by Crippen LogP contribution is -2.00. The summed E-state index contributed by atoms with van der Waals surface area (Å²) in [7, 11) is -4.94. The summed E-state index contributed by atoms with van der Waals surface area (Å²) in [6.07, 6.45) is 7.45. The third kappa shape index (κ3) is 19.3. The van der Waals surface area contributed by atoms with Crippen molar-refractivity contribution in [2.45, 2.75) is 26.4 Å². The highest BCUT2D eigenvalue weighted by Crippen LogP contribution is 2.09. The molecule has 7 nitrogen and oxygen atoms in total. The minimum absolute atomic E-state index is 0. The average Bonchev–Trinajstić information content (AvgIpc) is 2.59. The Balaban J connectivity index is -0.000000203. The maximum absolute atomic E-state index is 11.6. The molecule has 1 N–H and O–H groups in total. The summed E-state index contributed by atoms with van der Waals surface area (Å²) in [5, 5.41) is 9.28. The number of aromatic nitrogens is 2. The molecule has 0 saturated heterocycles. The number of nitriles is 1. The molecule has 0 bridgehead atoms. The van der Waals surface area contributed by atoms with Gasteiger partial charge in [-0.3, -0.25) is 4.78 Å². The minimum Gasteiger partial charge on any atom is -0.253 e. The monoisotopic (exact) mass is 552 g/mol. The lowest BCUT2D eigenvalue weighted by Gasteiger charge is -2.00. The SMILES string of the molecule is C.C.CS(=N)(=O)Cc1ccc(Cl)nc1.CS(=O)(Cc1ccc(Cl)nc1)=NC#N.ClCCl.[2HH]. The van der Waals surface area contributed by atoms with Crippen molar-refractivity contribution in [3.8, 4) is 6.19 Å². The van der Waals surface area contributed by atoms with E-state index in [1.165, 1.54) is 18.7 Å². The molecule has 0 aromatic carbocycles. The largest absolute Gasteiger partial charge is 0.253 e. The second-order valence-corrected chi connectivity index (χ2v) is 11.8. The van der Waals surface area contributed by atoms with Gasteiger partial charge in [-0.1, -0.05) is 50.2 Å². The Kier molecular flexibility index (Phi) is 19.4. The fourth-order valence-electron chi connectivity index (χ4n) is 1.73. The Morgan fingerprint density at radius 1 is 1.00 bits per heavy atom. The number of nitrogens with one attached hydrogen (secondary N) is 1. The molecular formula is C18H29Cl4N5O2S2. The molecule has 0 saturated carbocycles. The predicted molar refractivity (Wildman–Crippen MR) is 137 cm³/mol. The summed E-state index contributed by atoms with van der Waals surface area (Å²) in [5.41, 5.74) is 1.53. The van der Waals surface area contributed by atoms with Gasteiger partial charge in [0.05, 0.1) is 26.6 Å². The summed E-state index contributed by atoms with van der Waals surface area (Å²) in [5.74, 6) is 0.446. The number of hydrogen-bond donors (Lipinski definition) is 1. The molecule has 2 heterocycles. The maximum Gasteiger partial charge on any atom is 0.214 e. The van der Waals surface area contributed by atoms with E-state index in [-0.39, 0.29) is 33.1 Å². The molecule has 0 spiro atoms. The first-order valence-corrected chi connectivity index (χ1v) is 13.6. The lowest BCUT2D eigenvalue weighted by molar-refractivity contribution is 0.678. The first kappa shape index (κ1) is 34.5. The Morgan fingerprint density at radius 2 is 1.39 bits per heavy atom. The van der Waals surface area contributed by atoms with E-state index in [9.17, 15) is 8.42 Å². The van der Waals surface area contributed by atoms with Crippen LogP contribution in [0.15, 0.2) is 41.0 Å². The van der Waals surface area contributed by atoms with Gasteiger partial charge in [0.15, 0.2) is 0 Å². The third-order valence-corrected chi connectivity index (χ3v) is 5.36. The van der Waals surface area contributed by atoms with E-state index < -0.39 is 19.5 Å². The van der Waals surface area contributed by atoms with E-state index in [0.717, 1.165) is 11.1 Å². The lowest BCUT2D eigenvalue weighted by atomic mass is 10.3. The van der Waals surface area contributed by atoms with E-state index in [1.54, 1.807) is 36.7 Å². The number of nitrogens with zero attached hydrogens (tertiary/aromatic N) is 4. The topological polar surface area (TPSA) is 120 Å². The fraction of sp³-hybridized carbons (Fsp3) is 0.389. The third-order valence-electron chi connectivity index (χ3n) is 2.69. The van der Waals surface area contributed by atoms with Crippen LogP contribution in [0, 0.1) is 16.2 Å². The van der Waals surface area contributed by atoms with E-state index in [2.05, 4.69) is 14.3 Å². The van der Waals surface area contributed by atoms with Crippen LogP contribution in [0.4, 0.5) is 0 Å². The molecule has 2 unspecified atom stereocenters. The zero-order valence-electron chi connectivity index (χ0n) is 15.5. The van der Waals surface area contributed by atoms with Gasteiger partial charge in [0.2, 0.25) is 6.19 Å². The standard InChI is InChI=1S/C8H8ClN3OS.C7H9ClN2OS.CH2Cl2.2CH4.H2/c1-14(13,12-6-10)5-7-2-3-8(9)11-4-7;1-12(9,11)5-6-2-3-7(8)10-4-6;2-1-3;;;/h2-4H,5H2,1H3;2-4,9H,5H2,1H3;1H2;2*1H4;1H/i;;;;;1+1. The molecule has 0 fully saturated rings. The molecule has 0 radical (unpaired) electrons. The van der Waals surface area contributed by atoms with Crippen molar-refractivity contribution in [3.05, 3.63) is 58.1 Å². The highest BCUT2D eigenvalue weighted by molar-refractivity contribution is 7.92. The minimum atomic E-state index is -2.47. The fourth-order valence-corrected chi connectivity index (χ4v) is 3.79. The molecule has 0 aliphatic carbocycles. The smallest absolute Gasteiger partial charge is 0.214 e. The molecule has 178 valence electrons. The second kappa shape index (κ2) is 17.4. The summed E-state index contributed by atoms with van der Waals surface area (Å²) in [6.45, 7) is 0. The highest BCUT2D eigenvalue weighted by atomic mass is 35.5. The number of alkyl halides is 2. The summed E-state index contributed by atoms with van der Waals surface area (Å²) in [6, 6.07) is 6.68. The predicted octanol–water partition coefficient (Wildman–Crippen LogP) is 6.67. The van der Waals surface area contributed by atoms with Crippen LogP contribution in [0.1, 0.15) is 27.4 Å². The van der Waals surface area contributed by atoms with Gasteiger partial charge in [-0.25, -0.2) is 18.4 Å². The first-order valence-electron chi connectivity index (χ1n) is 7.54. The van der Waals surface area contributed by atoms with E-state index in [0.29, 0.717) is 10.3 Å². The summed E-state index contributed by atoms with van der Waals surface area (Å²) >= 11 is 20.7. The van der Waals surface area contributed by atoms with E-state index in [1.807, 2.05) is 0 Å². The van der Waals surface area contributed by atoms with Crippen LogP contribution in [0.5, 0.6) is 0 Å². The van der Waals surface area contributed by atoms with Gasteiger partial charge in [0, 0.05) is 36.1 Å². The zero-order valence-corrected chi connectivity index (χ0v) is 20.2. The van der Waals surface area contributed by atoms with Crippen molar-refractivity contribution in [1.82, 2.24) is 9.97 Å². The van der Waals surface area contributed by atoms with Crippen LogP contribution in [-0.4, -0.2) is 36.2 Å². The summed E-state index contributed by atoms with van der Waals surface area (Å²) in [4.78, 5) is 7.66. The number of pyridine rings is 2. The van der Waals surface area contributed by atoms with Crippen molar-refractivity contribution >= 4 is 65.9 Å². The molecule has 2 aromatic rings. The van der Waals surface area contributed by atoms with Crippen molar-refractivity contribution in [2.75, 3.05) is 17.9 Å². The quantitative estimate of drug-likeness (QED) is 0.257. The number of halogens is 4. The average molecular weight is 554 g/mol. The van der Waals surface area contributed by atoms with Crippen LogP contribution in [0.2, 0.25) is 10.3 Å². The molecule has 0 amide bonds. The highest BCUT2D eigenvalue weighted by Gasteiger charge is 2.03. The molecule has 0 aliphatic heterocycles. The Morgan fingerprint density at radius 3 is 1.68 bits per heavy atom.